The number of carbonyl (C=O) groups excluding carboxylic acids is 1. The summed E-state index contributed by atoms with van der Waals surface area (Å²) in [5.74, 6) is 0.476. The summed E-state index contributed by atoms with van der Waals surface area (Å²) < 4.78 is 0. The zero-order valence-corrected chi connectivity index (χ0v) is 10.2. The lowest BCUT2D eigenvalue weighted by Crippen LogP contribution is -2.43. The van der Waals surface area contributed by atoms with Gasteiger partial charge in [0.2, 0.25) is 5.91 Å². The smallest absolute Gasteiger partial charge is 0.234 e. The van der Waals surface area contributed by atoms with E-state index in [2.05, 4.69) is 17.1 Å². The Hall–Kier alpha value is -0.610. The molecule has 1 atom stereocenters. The van der Waals surface area contributed by atoms with Crippen molar-refractivity contribution in [2.24, 2.45) is 5.92 Å². The number of amides is 1. The summed E-state index contributed by atoms with van der Waals surface area (Å²) in [6, 6.07) is 0. The van der Waals surface area contributed by atoms with Gasteiger partial charge in [0.15, 0.2) is 0 Å². The molecule has 4 heteroatoms. The second-order valence-electron chi connectivity index (χ2n) is 4.63. The van der Waals surface area contributed by atoms with Crippen molar-refractivity contribution in [3.05, 3.63) is 0 Å². The van der Waals surface area contributed by atoms with E-state index in [4.69, 9.17) is 5.11 Å². The van der Waals surface area contributed by atoms with Crippen LogP contribution in [0.2, 0.25) is 0 Å². The number of hydrogen-bond donors (Lipinski definition) is 2. The molecule has 1 unspecified atom stereocenters. The van der Waals surface area contributed by atoms with Crippen LogP contribution in [0.15, 0.2) is 0 Å². The Morgan fingerprint density at radius 2 is 2.38 bits per heavy atom. The highest BCUT2D eigenvalue weighted by Gasteiger charge is 2.20. The summed E-state index contributed by atoms with van der Waals surface area (Å²) in [5.41, 5.74) is 0. The highest BCUT2D eigenvalue weighted by Crippen LogP contribution is 2.14. The van der Waals surface area contributed by atoms with Gasteiger partial charge in [0, 0.05) is 19.7 Å². The van der Waals surface area contributed by atoms with E-state index >= 15 is 0 Å². The number of nitrogens with zero attached hydrogens (tertiary/aromatic N) is 1. The molecule has 1 rings (SSSR count). The molecule has 2 N–H and O–H groups in total. The largest absolute Gasteiger partial charge is 0.396 e. The van der Waals surface area contributed by atoms with Crippen LogP contribution in [0, 0.1) is 5.92 Å². The number of likely N-dealkylation sites (tertiary alicyclic amines) is 1. The Morgan fingerprint density at radius 1 is 1.56 bits per heavy atom. The van der Waals surface area contributed by atoms with Crippen LogP contribution in [0.1, 0.15) is 32.6 Å². The maximum Gasteiger partial charge on any atom is 0.234 e. The monoisotopic (exact) mass is 228 g/mol. The van der Waals surface area contributed by atoms with E-state index in [1.165, 1.54) is 0 Å². The molecule has 1 heterocycles. The minimum absolute atomic E-state index is 0.118. The first kappa shape index (κ1) is 13.5. The summed E-state index contributed by atoms with van der Waals surface area (Å²) in [6.07, 6.45) is 4.33. The third kappa shape index (κ3) is 4.94. The van der Waals surface area contributed by atoms with E-state index in [1.54, 1.807) is 0 Å². The summed E-state index contributed by atoms with van der Waals surface area (Å²) in [7, 11) is 0. The Kier molecular flexibility index (Phi) is 6.42. The number of unbranched alkanes of at least 4 members (excludes halogenated alkanes) is 1. The molecule has 94 valence electrons. The lowest BCUT2D eigenvalue weighted by atomic mass is 9.99. The minimum Gasteiger partial charge on any atom is -0.396 e. The van der Waals surface area contributed by atoms with E-state index < -0.39 is 0 Å². The molecule has 0 bridgehead atoms. The quantitative estimate of drug-likeness (QED) is 0.655. The Labute approximate surface area is 98.0 Å². The molecule has 0 aromatic carbocycles. The molecule has 1 amide bonds. The highest BCUT2D eigenvalue weighted by molar-refractivity contribution is 5.77. The van der Waals surface area contributed by atoms with Gasteiger partial charge in [-0.05, 0) is 31.7 Å². The summed E-state index contributed by atoms with van der Waals surface area (Å²) in [4.78, 5) is 13.7. The molecule has 0 aliphatic carbocycles. The predicted molar refractivity (Wildman–Crippen MR) is 64.2 cm³/mol. The standard InChI is InChI=1S/C12H24N2O2/c1-2-3-6-13-12(16)9-14-7-4-5-11(8-14)10-15/h11,15H,2-10H2,1H3,(H,13,16). The molecule has 1 aliphatic heterocycles. The van der Waals surface area contributed by atoms with E-state index in [0.717, 1.165) is 45.3 Å². The fraction of sp³-hybridized carbons (Fsp3) is 0.917. The molecule has 16 heavy (non-hydrogen) atoms. The van der Waals surface area contributed by atoms with E-state index in [9.17, 15) is 4.79 Å². The minimum atomic E-state index is 0.118. The number of rotatable bonds is 6. The molecule has 0 radical (unpaired) electrons. The second-order valence-corrected chi connectivity index (χ2v) is 4.63. The number of piperidine rings is 1. The Balaban J connectivity index is 2.17. The van der Waals surface area contributed by atoms with Crippen LogP contribution in [0.25, 0.3) is 0 Å². The van der Waals surface area contributed by atoms with Crippen molar-refractivity contribution in [1.29, 1.82) is 0 Å². The number of aliphatic hydroxyl groups excluding tert-OH is 1. The van der Waals surface area contributed by atoms with Gasteiger partial charge in [0.1, 0.15) is 0 Å². The molecule has 4 nitrogen and oxygen atoms in total. The third-order valence-electron chi connectivity index (χ3n) is 3.08. The Bertz CT molecular complexity index is 209. The molecule has 0 spiro atoms. The summed E-state index contributed by atoms with van der Waals surface area (Å²) in [5, 5.41) is 12.0. The van der Waals surface area contributed by atoms with Crippen molar-refractivity contribution in [1.82, 2.24) is 10.2 Å². The van der Waals surface area contributed by atoms with Crippen LogP contribution < -0.4 is 5.32 Å². The maximum atomic E-state index is 11.6. The zero-order chi connectivity index (χ0) is 11.8. The third-order valence-corrected chi connectivity index (χ3v) is 3.08. The van der Waals surface area contributed by atoms with Gasteiger partial charge in [-0.2, -0.15) is 0 Å². The number of aliphatic hydroxyl groups is 1. The van der Waals surface area contributed by atoms with E-state index in [-0.39, 0.29) is 12.5 Å². The van der Waals surface area contributed by atoms with Crippen LogP contribution in [-0.4, -0.2) is 48.7 Å². The maximum absolute atomic E-state index is 11.6. The predicted octanol–water partition coefficient (Wildman–Crippen LogP) is 0.607. The van der Waals surface area contributed by atoms with Crippen molar-refractivity contribution in [3.63, 3.8) is 0 Å². The summed E-state index contributed by atoms with van der Waals surface area (Å²) >= 11 is 0. The van der Waals surface area contributed by atoms with Crippen molar-refractivity contribution >= 4 is 5.91 Å². The number of carbonyl (C=O) groups is 1. The molecule has 0 aromatic rings. The van der Waals surface area contributed by atoms with Crippen LogP contribution in [-0.2, 0) is 4.79 Å². The van der Waals surface area contributed by atoms with Crippen LogP contribution in [0.5, 0.6) is 0 Å². The van der Waals surface area contributed by atoms with Gasteiger partial charge in [-0.3, -0.25) is 9.69 Å². The topological polar surface area (TPSA) is 52.6 Å². The van der Waals surface area contributed by atoms with Gasteiger partial charge in [-0.25, -0.2) is 0 Å². The van der Waals surface area contributed by atoms with Crippen LogP contribution in [0.3, 0.4) is 0 Å². The summed E-state index contributed by atoms with van der Waals surface area (Å²) in [6.45, 7) is 5.47. The van der Waals surface area contributed by atoms with Crippen molar-refractivity contribution in [2.45, 2.75) is 32.6 Å². The van der Waals surface area contributed by atoms with Gasteiger partial charge >= 0.3 is 0 Å². The molecule has 1 fully saturated rings. The van der Waals surface area contributed by atoms with Gasteiger partial charge in [-0.15, -0.1) is 0 Å². The second kappa shape index (κ2) is 7.63. The Morgan fingerprint density at radius 3 is 3.06 bits per heavy atom. The first-order valence-electron chi connectivity index (χ1n) is 6.36. The van der Waals surface area contributed by atoms with Crippen molar-refractivity contribution in [3.8, 4) is 0 Å². The van der Waals surface area contributed by atoms with Crippen LogP contribution in [0.4, 0.5) is 0 Å². The normalized spacial score (nSPS) is 22.0. The zero-order valence-electron chi connectivity index (χ0n) is 10.2. The van der Waals surface area contributed by atoms with Gasteiger partial charge in [-0.1, -0.05) is 13.3 Å². The first-order chi connectivity index (χ1) is 7.76. The van der Waals surface area contributed by atoms with E-state index in [0.29, 0.717) is 12.5 Å². The first-order valence-corrected chi connectivity index (χ1v) is 6.36. The van der Waals surface area contributed by atoms with Gasteiger partial charge < -0.3 is 10.4 Å². The number of nitrogens with one attached hydrogen (secondary N) is 1. The number of hydrogen-bond acceptors (Lipinski definition) is 3. The molecular formula is C12H24N2O2. The SMILES string of the molecule is CCCCNC(=O)CN1CCCC(CO)C1. The molecule has 1 saturated heterocycles. The molecule has 1 aliphatic rings. The fourth-order valence-corrected chi connectivity index (χ4v) is 2.11. The lowest BCUT2D eigenvalue weighted by molar-refractivity contribution is -0.122. The fourth-order valence-electron chi connectivity index (χ4n) is 2.11. The van der Waals surface area contributed by atoms with Gasteiger partial charge in [0.05, 0.1) is 6.54 Å². The molecular weight excluding hydrogens is 204 g/mol. The lowest BCUT2D eigenvalue weighted by Gasteiger charge is -2.31. The van der Waals surface area contributed by atoms with Crippen molar-refractivity contribution < 1.29 is 9.90 Å². The highest BCUT2D eigenvalue weighted by atomic mass is 16.3. The average molecular weight is 228 g/mol. The van der Waals surface area contributed by atoms with Gasteiger partial charge in [0.25, 0.3) is 0 Å². The average Bonchev–Trinajstić information content (AvgIpc) is 2.29. The van der Waals surface area contributed by atoms with Crippen molar-refractivity contribution in [2.75, 3.05) is 32.8 Å². The molecule has 0 saturated carbocycles. The molecule has 0 aromatic heterocycles. The van der Waals surface area contributed by atoms with E-state index in [1.807, 2.05) is 0 Å². The van der Waals surface area contributed by atoms with Crippen LogP contribution >= 0.6 is 0 Å².